The first kappa shape index (κ1) is 48.1. The molecule has 1 aromatic heterocycles. The molecule has 7 aromatic rings. The van der Waals surface area contributed by atoms with Gasteiger partial charge in [-0.2, -0.15) is 4.57 Å². The van der Waals surface area contributed by atoms with Gasteiger partial charge in [0.05, 0.1) is 5.39 Å². The number of alkyl halides is 1. The van der Waals surface area contributed by atoms with Gasteiger partial charge in [0.25, 0.3) is 0 Å². The standard InChI is InChI=1S/C24BF20.C17H15BrNO/c26-5-1(6(27)14(35)21(42)13(5)34)25(2-7(28)15(36)22(43)16(37)8(2)29,3-9(30)17(38)23(44)18(39)10(3)31)4-11(32)19(40)24(45)20(41)12(4)33;18-13-20-17-16-9-5-4-8-15(16)10-11-19(17)12-14-6-2-1-3-7-14/h;1-11H,12-13H2/q-1;+1. The molecular formula is C41H15BBrF20NO. The van der Waals surface area contributed by atoms with Crippen LogP contribution in [-0.2, 0) is 6.54 Å². The third kappa shape index (κ3) is 7.67. The Balaban J connectivity index is 0.000000289. The highest BCUT2D eigenvalue weighted by atomic mass is 79.9. The van der Waals surface area contributed by atoms with E-state index in [-0.39, 0.29) is 0 Å². The monoisotopic (exact) mass is 1010 g/mol. The van der Waals surface area contributed by atoms with Gasteiger partial charge in [-0.25, -0.2) is 87.8 Å². The molecule has 24 heteroatoms. The number of rotatable bonds is 8. The SMILES string of the molecule is BrCOc1c2ccccc2cc[n+]1Cc1ccccc1.Fc1c(F)c(F)c([B-](c2c(F)c(F)c(F)c(F)c2F)(c2c(F)c(F)c(F)c(F)c2F)c2c(F)c(F)c(F)c(F)c2F)c(F)c1F. The molecule has 0 saturated carbocycles. The van der Waals surface area contributed by atoms with Crippen LogP contribution >= 0.6 is 15.9 Å². The van der Waals surface area contributed by atoms with E-state index in [9.17, 15) is 52.7 Å². The van der Waals surface area contributed by atoms with Gasteiger partial charge in [0.2, 0.25) is 0 Å². The van der Waals surface area contributed by atoms with E-state index >= 15 is 35.1 Å². The molecular weight excluding hydrogens is 993 g/mol. The van der Waals surface area contributed by atoms with Gasteiger partial charge in [-0.15, -0.1) is 21.9 Å². The molecule has 0 radical (unpaired) electrons. The molecule has 0 fully saturated rings. The van der Waals surface area contributed by atoms with Crippen molar-refractivity contribution in [2.24, 2.45) is 0 Å². The van der Waals surface area contributed by atoms with Gasteiger partial charge in [0.1, 0.15) is 58.2 Å². The number of hydrogen-bond donors (Lipinski definition) is 0. The molecule has 0 aliphatic carbocycles. The predicted molar refractivity (Wildman–Crippen MR) is 193 cm³/mol. The summed E-state index contributed by atoms with van der Waals surface area (Å²) in [4.78, 5) is 0. The van der Waals surface area contributed by atoms with Gasteiger partial charge >= 0.3 is 5.88 Å². The summed E-state index contributed by atoms with van der Waals surface area (Å²) in [5.41, 5.74) is -12.6. The molecule has 65 heavy (non-hydrogen) atoms. The van der Waals surface area contributed by atoms with Crippen molar-refractivity contribution >= 4 is 54.7 Å². The third-order valence-electron chi connectivity index (χ3n) is 9.98. The molecule has 0 amide bonds. The molecule has 0 spiro atoms. The second-order valence-electron chi connectivity index (χ2n) is 13.4. The number of nitrogens with zero attached hydrogens (tertiary/aromatic N) is 1. The van der Waals surface area contributed by atoms with E-state index in [1.807, 2.05) is 18.2 Å². The van der Waals surface area contributed by atoms with Crippen LogP contribution in [0.25, 0.3) is 10.8 Å². The fourth-order valence-electron chi connectivity index (χ4n) is 7.22. The molecule has 340 valence electrons. The highest BCUT2D eigenvalue weighted by Gasteiger charge is 2.52. The van der Waals surface area contributed by atoms with Crippen molar-refractivity contribution < 1.29 is 97.1 Å². The van der Waals surface area contributed by atoms with Crippen LogP contribution < -0.4 is 31.2 Å². The van der Waals surface area contributed by atoms with Crippen molar-refractivity contribution in [1.29, 1.82) is 0 Å². The largest absolute Gasteiger partial charge is 0.432 e. The highest BCUT2D eigenvalue weighted by molar-refractivity contribution is 9.09. The highest BCUT2D eigenvalue weighted by Crippen LogP contribution is 2.31. The maximum atomic E-state index is 15.4. The minimum absolute atomic E-state index is 0.482. The number of benzene rings is 6. The summed E-state index contributed by atoms with van der Waals surface area (Å²) < 4.78 is 302. The van der Waals surface area contributed by atoms with Crippen LogP contribution in [0.5, 0.6) is 5.88 Å². The summed E-state index contributed by atoms with van der Waals surface area (Å²) in [7, 11) is 0. The van der Waals surface area contributed by atoms with Crippen molar-refractivity contribution in [3.05, 3.63) is 189 Å². The van der Waals surface area contributed by atoms with E-state index in [0.29, 0.717) is 5.52 Å². The van der Waals surface area contributed by atoms with Crippen LogP contribution in [0.1, 0.15) is 5.56 Å². The molecule has 0 bridgehead atoms. The maximum absolute atomic E-state index is 15.4. The molecule has 0 N–H and O–H groups in total. The summed E-state index contributed by atoms with van der Waals surface area (Å²) in [6.07, 6.45) is -5.14. The fraction of sp³-hybridized carbons (Fsp3) is 0.0488. The van der Waals surface area contributed by atoms with Gasteiger partial charge in [0, 0.05) is 11.6 Å². The maximum Gasteiger partial charge on any atom is 0.377 e. The van der Waals surface area contributed by atoms with Crippen molar-refractivity contribution in [1.82, 2.24) is 0 Å². The first-order chi connectivity index (χ1) is 30.6. The summed E-state index contributed by atoms with van der Waals surface area (Å²) >= 11 is 3.36. The Kier molecular flexibility index (Phi) is 13.5. The summed E-state index contributed by atoms with van der Waals surface area (Å²) in [5, 5.41) is 2.32. The molecule has 2 nitrogen and oxygen atoms in total. The Morgan fingerprint density at radius 1 is 0.369 bits per heavy atom. The van der Waals surface area contributed by atoms with E-state index in [1.54, 1.807) is 0 Å². The third-order valence-corrected chi connectivity index (χ3v) is 10.2. The van der Waals surface area contributed by atoms with E-state index in [4.69, 9.17) is 4.74 Å². The second-order valence-corrected chi connectivity index (χ2v) is 13.8. The van der Waals surface area contributed by atoms with Crippen LogP contribution in [-0.4, -0.2) is 11.7 Å². The van der Waals surface area contributed by atoms with Gasteiger partial charge < -0.3 is 4.74 Å². The lowest BCUT2D eigenvalue weighted by Gasteiger charge is -2.44. The lowest BCUT2D eigenvalue weighted by Crippen LogP contribution is -2.81. The van der Waals surface area contributed by atoms with Crippen LogP contribution in [0.15, 0.2) is 66.9 Å². The minimum atomic E-state index is -7.22. The smallest absolute Gasteiger partial charge is 0.377 e. The number of aromatic nitrogens is 1. The molecule has 0 unspecified atom stereocenters. The zero-order chi connectivity index (χ0) is 48.1. The summed E-state index contributed by atoms with van der Waals surface area (Å²) in [6.45, 7) is 0.800. The van der Waals surface area contributed by atoms with Crippen molar-refractivity contribution in [3.63, 3.8) is 0 Å². The fourth-order valence-corrected chi connectivity index (χ4v) is 7.44. The zero-order valence-electron chi connectivity index (χ0n) is 31.1. The number of halogens is 21. The van der Waals surface area contributed by atoms with Gasteiger partial charge in [-0.3, -0.25) is 0 Å². The number of ether oxygens (including phenoxy) is 1. The van der Waals surface area contributed by atoms with Crippen LogP contribution in [0.2, 0.25) is 0 Å². The number of pyridine rings is 1. The lowest BCUT2D eigenvalue weighted by molar-refractivity contribution is -0.691. The van der Waals surface area contributed by atoms with E-state index in [2.05, 4.69) is 69.2 Å². The minimum Gasteiger partial charge on any atom is -0.432 e. The second kappa shape index (κ2) is 18.3. The van der Waals surface area contributed by atoms with Gasteiger partial charge in [-0.05, 0) is 27.4 Å². The Morgan fingerprint density at radius 2 is 0.662 bits per heavy atom. The average Bonchev–Trinajstić information content (AvgIpc) is 3.30. The normalized spacial score (nSPS) is 11.6. The molecule has 0 aliphatic rings. The van der Waals surface area contributed by atoms with Crippen LogP contribution in [0, 0.1) is 116 Å². The van der Waals surface area contributed by atoms with E-state index < -0.39 is 144 Å². The lowest BCUT2D eigenvalue weighted by atomic mass is 9.12. The predicted octanol–water partition coefficient (Wildman–Crippen LogP) is 9.75. The van der Waals surface area contributed by atoms with Crippen LogP contribution in [0.3, 0.4) is 0 Å². The first-order valence-corrected chi connectivity index (χ1v) is 18.6. The topological polar surface area (TPSA) is 13.1 Å². The Hall–Kier alpha value is -6.33. The average molecular weight is 1010 g/mol. The molecule has 1 heterocycles. The van der Waals surface area contributed by atoms with Crippen LogP contribution in [0.4, 0.5) is 87.8 Å². The summed E-state index contributed by atoms with van der Waals surface area (Å²) in [5.74, 6) is -70.5. The van der Waals surface area contributed by atoms with Crippen molar-refractivity contribution in [2.45, 2.75) is 6.54 Å². The quantitative estimate of drug-likeness (QED) is 0.0370. The molecule has 0 aliphatic heterocycles. The molecule has 0 saturated heterocycles. The Bertz CT molecular complexity index is 2660. The Labute approximate surface area is 358 Å². The summed E-state index contributed by atoms with van der Waals surface area (Å²) in [6, 6.07) is 20.8. The number of fused-ring (bicyclic) bond motifs is 1. The number of hydrogen-bond acceptors (Lipinski definition) is 1. The first-order valence-electron chi connectivity index (χ1n) is 17.5. The van der Waals surface area contributed by atoms with E-state index in [0.717, 1.165) is 17.8 Å². The molecule has 6 aromatic carbocycles. The van der Waals surface area contributed by atoms with Crippen molar-refractivity contribution in [3.8, 4) is 5.88 Å². The molecule has 0 atom stereocenters. The van der Waals surface area contributed by atoms with Gasteiger partial charge in [0.15, 0.2) is 82.5 Å². The van der Waals surface area contributed by atoms with Crippen molar-refractivity contribution in [2.75, 3.05) is 5.52 Å². The molecule has 7 rings (SSSR count). The van der Waals surface area contributed by atoms with E-state index in [1.165, 1.54) is 10.9 Å². The Morgan fingerprint density at radius 3 is 0.985 bits per heavy atom. The zero-order valence-corrected chi connectivity index (χ0v) is 32.7. The van der Waals surface area contributed by atoms with Gasteiger partial charge in [-0.1, -0.05) is 48.5 Å².